The molecular weight excluding hydrogens is 458 g/mol. The number of benzene rings is 2. The quantitative estimate of drug-likeness (QED) is 0.182. The minimum absolute atomic E-state index is 0.0180. The summed E-state index contributed by atoms with van der Waals surface area (Å²) in [6, 6.07) is 20.0. The van der Waals surface area contributed by atoms with Crippen LogP contribution in [0.25, 0.3) is 0 Å². The van der Waals surface area contributed by atoms with Crippen LogP contribution in [0.2, 0.25) is 5.04 Å². The van der Waals surface area contributed by atoms with Gasteiger partial charge in [-0.2, -0.15) is 0 Å². The Labute approximate surface area is 212 Å². The number of carbonyl (C=O) groups is 2. The molecule has 6 nitrogen and oxygen atoms in total. The van der Waals surface area contributed by atoms with Crippen LogP contribution < -0.4 is 15.7 Å². The first-order chi connectivity index (χ1) is 17.1. The van der Waals surface area contributed by atoms with Crippen molar-refractivity contribution in [2.45, 2.75) is 64.9 Å². The van der Waals surface area contributed by atoms with Crippen molar-refractivity contribution in [2.75, 3.05) is 6.61 Å². The summed E-state index contributed by atoms with van der Waals surface area (Å²) in [4.78, 5) is 33.4. The van der Waals surface area contributed by atoms with Crippen LogP contribution in [0.1, 0.15) is 57.1 Å². The van der Waals surface area contributed by atoms with Crippen molar-refractivity contribution in [3.05, 3.63) is 78.5 Å². The van der Waals surface area contributed by atoms with Gasteiger partial charge in [0.1, 0.15) is 0 Å². The molecule has 0 radical (unpaired) electrons. The maximum atomic E-state index is 12.5. The van der Waals surface area contributed by atoms with Crippen molar-refractivity contribution in [1.29, 1.82) is 0 Å². The van der Waals surface area contributed by atoms with E-state index in [2.05, 4.69) is 48.2 Å². The fraction of sp³-hybridized carbons (Fsp3) is 0.393. The van der Waals surface area contributed by atoms with Crippen LogP contribution >= 0.6 is 0 Å². The van der Waals surface area contributed by atoms with E-state index < -0.39 is 37.9 Å². The Hall–Kier alpha value is -3.12. The van der Waals surface area contributed by atoms with Crippen LogP contribution in [-0.4, -0.2) is 32.5 Å². The number of nitrogens with one attached hydrogen (secondary N) is 1. The molecular formula is C28H37NO5Si. The van der Waals surface area contributed by atoms with Crippen molar-refractivity contribution in [1.82, 2.24) is 5.32 Å². The van der Waals surface area contributed by atoms with E-state index in [0.717, 1.165) is 10.4 Å². The molecule has 2 aromatic carbocycles. The van der Waals surface area contributed by atoms with Crippen molar-refractivity contribution in [3.8, 4) is 0 Å². The predicted octanol–water partition coefficient (Wildman–Crippen LogP) is 5.04. The summed E-state index contributed by atoms with van der Waals surface area (Å²) >= 11 is 0. The van der Waals surface area contributed by atoms with Gasteiger partial charge in [-0.05, 0) is 49.0 Å². The van der Waals surface area contributed by atoms with E-state index in [9.17, 15) is 9.59 Å². The van der Waals surface area contributed by atoms with E-state index in [1.807, 2.05) is 60.7 Å². The first-order valence-corrected chi connectivity index (χ1v) is 13.4. The molecule has 2 aromatic rings. The molecule has 188 valence electrons. The van der Waals surface area contributed by atoms with Crippen LogP contribution in [0.5, 0.6) is 0 Å². The van der Waals surface area contributed by atoms with E-state index >= 15 is 0 Å². The van der Waals surface area contributed by atoms with Crippen LogP contribution in [0, 0.1) is 0 Å². The molecule has 7 heteroatoms. The standard InChI is InChI=1S/C28H37NO5Si/c1-8-22(25(30)33-34-26(31)29-27(2,3)4)16-15-21-32-35(28(5,6)7,23-17-11-9-12-18-23)24-19-13-10-14-20-24/h9-14,17-20H,1,15-16,21H2,2-7H3,(H,29,31)/i16D2. The van der Waals surface area contributed by atoms with E-state index in [0.29, 0.717) is 0 Å². The number of hydrogen-bond donors (Lipinski definition) is 1. The summed E-state index contributed by atoms with van der Waals surface area (Å²) in [7, 11) is -2.88. The van der Waals surface area contributed by atoms with Crippen molar-refractivity contribution >= 4 is 30.8 Å². The molecule has 0 aliphatic rings. The Kier molecular flexibility index (Phi) is 8.58. The van der Waals surface area contributed by atoms with Crippen molar-refractivity contribution in [3.63, 3.8) is 0 Å². The third kappa shape index (κ3) is 7.69. The summed E-state index contributed by atoms with van der Waals surface area (Å²) in [5.41, 5.74) is 1.23. The van der Waals surface area contributed by atoms with E-state index in [-0.39, 0.29) is 18.1 Å². The molecule has 0 atom stereocenters. The van der Waals surface area contributed by atoms with Gasteiger partial charge < -0.3 is 9.74 Å². The minimum Gasteiger partial charge on any atom is -0.407 e. The third-order valence-electron chi connectivity index (χ3n) is 5.19. The highest BCUT2D eigenvalue weighted by molar-refractivity contribution is 6.99. The molecule has 0 fully saturated rings. The predicted molar refractivity (Wildman–Crippen MR) is 141 cm³/mol. The first kappa shape index (κ1) is 25.0. The van der Waals surface area contributed by atoms with Crippen LogP contribution in [0.3, 0.4) is 0 Å². The normalized spacial score (nSPS) is 13.1. The molecule has 1 amide bonds. The first-order valence-electron chi connectivity index (χ1n) is 12.5. The van der Waals surface area contributed by atoms with Gasteiger partial charge in [0.2, 0.25) is 0 Å². The fourth-order valence-corrected chi connectivity index (χ4v) is 8.36. The molecule has 0 spiro atoms. The molecule has 0 unspecified atom stereocenters. The van der Waals surface area contributed by atoms with Gasteiger partial charge in [0.05, 0.1) is 5.57 Å². The number of carbonyl (C=O) groups excluding carboxylic acids is 2. The lowest BCUT2D eigenvalue weighted by molar-refractivity contribution is -0.228. The summed E-state index contributed by atoms with van der Waals surface area (Å²) < 4.78 is 23.8. The molecule has 0 heterocycles. The smallest absolute Gasteiger partial charge is 0.407 e. The third-order valence-corrected chi connectivity index (χ3v) is 10.2. The molecule has 0 aliphatic carbocycles. The highest BCUT2D eigenvalue weighted by Crippen LogP contribution is 2.36. The van der Waals surface area contributed by atoms with Crippen LogP contribution in [-0.2, 0) is 19.0 Å². The number of hydrogen-bond acceptors (Lipinski definition) is 5. The molecule has 0 saturated heterocycles. The highest BCUT2D eigenvalue weighted by atomic mass is 28.4. The van der Waals surface area contributed by atoms with Gasteiger partial charge in [0.15, 0.2) is 0 Å². The second kappa shape index (κ2) is 12.0. The lowest BCUT2D eigenvalue weighted by atomic mass is 10.1. The topological polar surface area (TPSA) is 73.9 Å². The summed E-state index contributed by atoms with van der Waals surface area (Å²) in [5, 5.41) is 4.31. The Morgan fingerprint density at radius 3 is 1.89 bits per heavy atom. The summed E-state index contributed by atoms with van der Waals surface area (Å²) in [5.74, 6) is -1.19. The zero-order valence-corrected chi connectivity index (χ0v) is 22.4. The van der Waals surface area contributed by atoms with Gasteiger partial charge in [0.25, 0.3) is 8.32 Å². The van der Waals surface area contributed by atoms with Gasteiger partial charge >= 0.3 is 12.1 Å². The maximum absolute atomic E-state index is 12.5. The van der Waals surface area contributed by atoms with Gasteiger partial charge in [-0.25, -0.2) is 19.4 Å². The summed E-state index contributed by atoms with van der Waals surface area (Å²) in [6.45, 7) is 15.0. The largest absolute Gasteiger partial charge is 0.450 e. The SMILES string of the molecule is [2H]C([2H])(CCO[Si](c1ccccc1)(c1ccccc1)C(C)(C)C)C(=C=C)C(=O)OOC(=O)NC(C)(C)C. The lowest BCUT2D eigenvalue weighted by Gasteiger charge is -2.43. The van der Waals surface area contributed by atoms with Crippen LogP contribution in [0.4, 0.5) is 4.79 Å². The van der Waals surface area contributed by atoms with Gasteiger partial charge in [0, 0.05) is 14.9 Å². The Morgan fingerprint density at radius 1 is 0.943 bits per heavy atom. The molecule has 0 saturated carbocycles. The Balaban J connectivity index is 2.25. The average Bonchev–Trinajstić information content (AvgIpc) is 2.80. The van der Waals surface area contributed by atoms with Crippen LogP contribution in [0.15, 0.2) is 78.5 Å². The molecule has 0 aliphatic heterocycles. The zero-order valence-electron chi connectivity index (χ0n) is 23.4. The molecule has 0 aromatic heterocycles. The fourth-order valence-electron chi connectivity index (χ4n) is 3.79. The Morgan fingerprint density at radius 2 is 1.46 bits per heavy atom. The maximum Gasteiger partial charge on any atom is 0.450 e. The molecule has 35 heavy (non-hydrogen) atoms. The monoisotopic (exact) mass is 497 g/mol. The van der Waals surface area contributed by atoms with Crippen molar-refractivity contribution in [2.24, 2.45) is 0 Å². The molecule has 2 rings (SSSR count). The molecule has 1 N–H and O–H groups in total. The number of rotatable bonds is 8. The van der Waals surface area contributed by atoms with E-state index in [1.165, 1.54) is 0 Å². The second-order valence-electron chi connectivity index (χ2n) is 10.1. The van der Waals surface area contributed by atoms with E-state index in [4.69, 9.17) is 7.17 Å². The average molecular weight is 498 g/mol. The van der Waals surface area contributed by atoms with Crippen molar-refractivity contribution < 1.29 is 26.5 Å². The molecule has 0 bridgehead atoms. The van der Waals surface area contributed by atoms with Gasteiger partial charge in [-0.3, -0.25) is 0 Å². The summed E-state index contributed by atoms with van der Waals surface area (Å²) in [6.07, 6.45) is -3.34. The van der Waals surface area contributed by atoms with E-state index in [1.54, 1.807) is 20.8 Å². The minimum atomic E-state index is -2.88. The van der Waals surface area contributed by atoms with Gasteiger partial charge in [-0.1, -0.05) is 88.0 Å². The zero-order chi connectivity index (χ0) is 27.9. The van der Waals surface area contributed by atoms with Gasteiger partial charge in [-0.15, -0.1) is 5.73 Å². The Bertz CT molecular complexity index is 1080. The highest BCUT2D eigenvalue weighted by Gasteiger charge is 2.49. The lowest BCUT2D eigenvalue weighted by Crippen LogP contribution is -2.66. The second-order valence-corrected chi connectivity index (χ2v) is 14.4. The number of amides is 1.